The van der Waals surface area contributed by atoms with Crippen LogP contribution >= 0.6 is 15.9 Å². The van der Waals surface area contributed by atoms with Gasteiger partial charge in [-0.05, 0) is 10.8 Å². The van der Waals surface area contributed by atoms with Crippen LogP contribution in [0.5, 0.6) is 0 Å². The molecule has 7 heteroatoms. The van der Waals surface area contributed by atoms with Crippen molar-refractivity contribution < 1.29 is 24.6 Å². The Morgan fingerprint density at radius 1 is 1.05 bits per heavy atom. The summed E-state index contributed by atoms with van der Waals surface area (Å²) in [6.45, 7) is 9.77. The molecule has 2 atom stereocenters. The highest BCUT2D eigenvalue weighted by Crippen LogP contribution is 2.45. The highest BCUT2D eigenvalue weighted by atomic mass is 79.9. The van der Waals surface area contributed by atoms with E-state index in [1.54, 1.807) is 41.5 Å². The lowest BCUT2D eigenvalue weighted by atomic mass is 9.58. The fraction of sp³-hybridized carbons (Fsp3) is 0.786. The van der Waals surface area contributed by atoms with Gasteiger partial charge in [0, 0.05) is 0 Å². The number of amides is 1. The van der Waals surface area contributed by atoms with Crippen LogP contribution in [0.2, 0.25) is 0 Å². The smallest absolute Gasteiger partial charge is 0.330 e. The van der Waals surface area contributed by atoms with Crippen LogP contribution in [0.25, 0.3) is 0 Å². The fourth-order valence-corrected chi connectivity index (χ4v) is 2.79. The SMILES string of the molecule is CC(C)(C)C(C(=O)O)C(NC(=O)CBr)(C(=O)O)C(C)(C)C. The molecule has 0 bridgehead atoms. The van der Waals surface area contributed by atoms with Crippen LogP contribution in [-0.2, 0) is 14.4 Å². The van der Waals surface area contributed by atoms with E-state index in [4.69, 9.17) is 0 Å². The Kier molecular flexibility index (Phi) is 6.00. The zero-order valence-electron chi connectivity index (χ0n) is 13.3. The molecule has 0 aromatic heterocycles. The van der Waals surface area contributed by atoms with Crippen molar-refractivity contribution in [2.75, 3.05) is 5.33 Å². The van der Waals surface area contributed by atoms with E-state index >= 15 is 0 Å². The van der Waals surface area contributed by atoms with Gasteiger partial charge in [0.25, 0.3) is 0 Å². The van der Waals surface area contributed by atoms with E-state index in [0.717, 1.165) is 0 Å². The minimum atomic E-state index is -1.93. The van der Waals surface area contributed by atoms with E-state index in [2.05, 4.69) is 21.2 Å². The molecule has 1 amide bonds. The number of carbonyl (C=O) groups excluding carboxylic acids is 1. The Bertz CT molecular complexity index is 436. The van der Waals surface area contributed by atoms with Gasteiger partial charge >= 0.3 is 11.9 Å². The van der Waals surface area contributed by atoms with Gasteiger partial charge in [-0.15, -0.1) is 0 Å². The monoisotopic (exact) mass is 365 g/mol. The fourth-order valence-electron chi connectivity index (χ4n) is 2.65. The maximum absolute atomic E-state index is 12.0. The predicted octanol–water partition coefficient (Wildman–Crippen LogP) is 2.11. The minimum Gasteiger partial charge on any atom is -0.481 e. The molecule has 0 spiro atoms. The summed E-state index contributed by atoms with van der Waals surface area (Å²) in [5.74, 6) is -4.48. The zero-order valence-corrected chi connectivity index (χ0v) is 14.9. The third kappa shape index (κ3) is 3.96. The normalized spacial score (nSPS) is 16.7. The van der Waals surface area contributed by atoms with E-state index in [9.17, 15) is 24.6 Å². The first-order chi connectivity index (χ1) is 9.21. The van der Waals surface area contributed by atoms with Crippen molar-refractivity contribution >= 4 is 33.8 Å². The second-order valence-electron chi connectivity index (χ2n) is 7.18. The van der Waals surface area contributed by atoms with E-state index in [-0.39, 0.29) is 5.33 Å². The molecule has 0 heterocycles. The zero-order chi connectivity index (χ0) is 17.2. The van der Waals surface area contributed by atoms with Gasteiger partial charge in [0.2, 0.25) is 5.91 Å². The highest BCUT2D eigenvalue weighted by Gasteiger charge is 2.61. The van der Waals surface area contributed by atoms with Gasteiger partial charge in [-0.3, -0.25) is 9.59 Å². The average Bonchev–Trinajstić information content (AvgIpc) is 2.23. The maximum atomic E-state index is 12.0. The lowest BCUT2D eigenvalue weighted by molar-refractivity contribution is -0.171. The lowest BCUT2D eigenvalue weighted by Gasteiger charge is -2.49. The maximum Gasteiger partial charge on any atom is 0.330 e. The number of carboxylic acid groups (broad SMARTS) is 2. The summed E-state index contributed by atoms with van der Waals surface area (Å²) in [6.07, 6.45) is 0. The van der Waals surface area contributed by atoms with E-state index in [1.807, 2.05) is 0 Å². The number of aliphatic carboxylic acids is 2. The second kappa shape index (κ2) is 6.34. The Morgan fingerprint density at radius 2 is 1.48 bits per heavy atom. The largest absolute Gasteiger partial charge is 0.481 e. The van der Waals surface area contributed by atoms with Gasteiger partial charge in [-0.1, -0.05) is 57.5 Å². The second-order valence-corrected chi connectivity index (χ2v) is 7.74. The van der Waals surface area contributed by atoms with Gasteiger partial charge in [-0.25, -0.2) is 4.79 Å². The topological polar surface area (TPSA) is 104 Å². The third-order valence-corrected chi connectivity index (χ3v) is 4.03. The Balaban J connectivity index is 6.41. The molecule has 122 valence electrons. The molecule has 6 nitrogen and oxygen atoms in total. The molecule has 3 N–H and O–H groups in total. The van der Waals surface area contributed by atoms with E-state index in [1.165, 1.54) is 0 Å². The van der Waals surface area contributed by atoms with Gasteiger partial charge in [-0.2, -0.15) is 0 Å². The standard InChI is InChI=1S/C14H24BrNO5/c1-12(2,3)9(10(18)19)14(11(20)21,13(4,5)6)16-8(17)7-15/h9H,7H2,1-6H3,(H,16,17)(H,18,19)(H,20,21). The van der Waals surface area contributed by atoms with Crippen LogP contribution in [0.1, 0.15) is 41.5 Å². The summed E-state index contributed by atoms with van der Waals surface area (Å²) in [4.78, 5) is 35.6. The van der Waals surface area contributed by atoms with E-state index in [0.29, 0.717) is 0 Å². The van der Waals surface area contributed by atoms with Crippen LogP contribution in [-0.4, -0.2) is 38.9 Å². The quantitative estimate of drug-likeness (QED) is 0.647. The molecular weight excluding hydrogens is 342 g/mol. The molecule has 21 heavy (non-hydrogen) atoms. The van der Waals surface area contributed by atoms with Crippen LogP contribution in [0.15, 0.2) is 0 Å². The van der Waals surface area contributed by atoms with Crippen molar-refractivity contribution in [1.82, 2.24) is 5.32 Å². The minimum absolute atomic E-state index is 0.103. The molecule has 0 aliphatic rings. The number of alkyl halides is 1. The van der Waals surface area contributed by atoms with Crippen molar-refractivity contribution in [3.63, 3.8) is 0 Å². The number of nitrogens with one attached hydrogen (secondary N) is 1. The summed E-state index contributed by atoms with van der Waals surface area (Å²) in [5, 5.41) is 21.7. The Morgan fingerprint density at radius 3 is 1.67 bits per heavy atom. The van der Waals surface area contributed by atoms with Crippen LogP contribution in [0.3, 0.4) is 0 Å². The summed E-state index contributed by atoms with van der Waals surface area (Å²) >= 11 is 2.97. The number of carbonyl (C=O) groups is 3. The van der Waals surface area contributed by atoms with Crippen molar-refractivity contribution in [3.05, 3.63) is 0 Å². The van der Waals surface area contributed by atoms with E-state index < -0.39 is 40.1 Å². The summed E-state index contributed by atoms with van der Waals surface area (Å²) in [6, 6.07) is 0. The first-order valence-corrected chi connectivity index (χ1v) is 7.67. The van der Waals surface area contributed by atoms with Crippen LogP contribution < -0.4 is 5.32 Å². The highest BCUT2D eigenvalue weighted by molar-refractivity contribution is 9.09. The Labute approximate surface area is 133 Å². The number of carboxylic acids is 2. The number of halogens is 1. The number of rotatable bonds is 5. The molecule has 0 radical (unpaired) electrons. The van der Waals surface area contributed by atoms with Gasteiger partial charge in [0.1, 0.15) is 0 Å². The number of hydrogen-bond donors (Lipinski definition) is 3. The van der Waals surface area contributed by atoms with Crippen molar-refractivity contribution in [3.8, 4) is 0 Å². The number of hydrogen-bond acceptors (Lipinski definition) is 3. The molecule has 0 aromatic rings. The van der Waals surface area contributed by atoms with Crippen LogP contribution in [0.4, 0.5) is 0 Å². The van der Waals surface area contributed by atoms with Gasteiger partial charge in [0.05, 0.1) is 11.2 Å². The van der Waals surface area contributed by atoms with Gasteiger partial charge in [0.15, 0.2) is 5.54 Å². The molecule has 0 rings (SSSR count). The summed E-state index contributed by atoms with van der Waals surface area (Å²) in [5.41, 5.74) is -3.80. The lowest BCUT2D eigenvalue weighted by Crippen LogP contribution is -2.70. The predicted molar refractivity (Wildman–Crippen MR) is 82.3 cm³/mol. The molecular formula is C14H24BrNO5. The molecule has 0 aliphatic carbocycles. The first-order valence-electron chi connectivity index (χ1n) is 6.55. The first kappa shape index (κ1) is 19.9. The molecule has 0 saturated carbocycles. The Hall–Kier alpha value is -1.11. The third-order valence-electron chi connectivity index (χ3n) is 3.52. The van der Waals surface area contributed by atoms with Gasteiger partial charge < -0.3 is 15.5 Å². The molecule has 2 unspecified atom stereocenters. The van der Waals surface area contributed by atoms with Crippen molar-refractivity contribution in [2.24, 2.45) is 16.7 Å². The summed E-state index contributed by atoms with van der Waals surface area (Å²) in [7, 11) is 0. The average molecular weight is 366 g/mol. The molecule has 0 aliphatic heterocycles. The van der Waals surface area contributed by atoms with Crippen molar-refractivity contribution in [1.29, 1.82) is 0 Å². The summed E-state index contributed by atoms with van der Waals surface area (Å²) < 4.78 is 0. The molecule has 0 fully saturated rings. The van der Waals surface area contributed by atoms with Crippen LogP contribution in [0, 0.1) is 16.7 Å². The molecule has 0 saturated heterocycles. The molecule has 0 aromatic carbocycles. The van der Waals surface area contributed by atoms with Crippen molar-refractivity contribution in [2.45, 2.75) is 47.1 Å².